The van der Waals surface area contributed by atoms with Crippen LogP contribution in [0.5, 0.6) is 5.88 Å². The van der Waals surface area contributed by atoms with Gasteiger partial charge in [-0.2, -0.15) is 5.10 Å². The third-order valence-electron chi connectivity index (χ3n) is 3.48. The van der Waals surface area contributed by atoms with Gasteiger partial charge in [-0.05, 0) is 5.56 Å². The Morgan fingerprint density at radius 3 is 3.14 bits per heavy atom. The predicted molar refractivity (Wildman–Crippen MR) is 76.0 cm³/mol. The summed E-state index contributed by atoms with van der Waals surface area (Å²) in [6.07, 6.45) is 2.55. The first-order valence-electron chi connectivity index (χ1n) is 6.82. The first-order chi connectivity index (χ1) is 10.3. The molecule has 3 N–H and O–H groups in total. The molecule has 2 aromatic rings. The van der Waals surface area contributed by atoms with Gasteiger partial charge in [0.1, 0.15) is 0 Å². The minimum Gasteiger partial charge on any atom is -0.481 e. The molecule has 0 saturated heterocycles. The Morgan fingerprint density at radius 1 is 1.48 bits per heavy atom. The lowest BCUT2D eigenvalue weighted by atomic mass is 10.1. The molecule has 3 rings (SSSR count). The lowest BCUT2D eigenvalue weighted by molar-refractivity contribution is 0.0944. The van der Waals surface area contributed by atoms with E-state index in [0.717, 1.165) is 29.8 Å². The van der Waals surface area contributed by atoms with Crippen LogP contribution in [-0.2, 0) is 19.5 Å². The van der Waals surface area contributed by atoms with E-state index in [1.54, 1.807) is 19.4 Å². The maximum atomic E-state index is 12.2. The summed E-state index contributed by atoms with van der Waals surface area (Å²) in [5.41, 5.74) is 3.39. The number of fused-ring (bicyclic) bond motifs is 1. The Bertz CT molecular complexity index is 635. The largest absolute Gasteiger partial charge is 0.481 e. The van der Waals surface area contributed by atoms with Crippen molar-refractivity contribution in [3.05, 3.63) is 40.8 Å². The summed E-state index contributed by atoms with van der Waals surface area (Å²) >= 11 is 0. The number of rotatable bonds is 4. The average molecular weight is 287 g/mol. The van der Waals surface area contributed by atoms with E-state index in [9.17, 15) is 4.79 Å². The van der Waals surface area contributed by atoms with Gasteiger partial charge in [-0.25, -0.2) is 4.98 Å². The molecule has 0 fully saturated rings. The highest BCUT2D eigenvalue weighted by Gasteiger charge is 2.21. The number of carbonyl (C=O) groups excluding carboxylic acids is 1. The maximum absolute atomic E-state index is 12.2. The monoisotopic (exact) mass is 287 g/mol. The van der Waals surface area contributed by atoms with Crippen LogP contribution in [0.25, 0.3) is 0 Å². The molecule has 0 aliphatic carbocycles. The highest BCUT2D eigenvalue weighted by molar-refractivity contribution is 5.93. The normalized spacial score (nSPS) is 13.6. The molecule has 1 aliphatic rings. The molecule has 3 heterocycles. The molecule has 0 atom stereocenters. The number of aromatic nitrogens is 3. The molecule has 2 aromatic heterocycles. The van der Waals surface area contributed by atoms with Gasteiger partial charge in [0.2, 0.25) is 5.88 Å². The molecule has 0 spiro atoms. The third-order valence-corrected chi connectivity index (χ3v) is 3.48. The standard InChI is InChI=1S/C14H17N5O2/c1-21-12-3-2-9(6-16-12)7-17-14(20)13-10-8-15-5-4-11(10)18-19-13/h2-3,6,15H,4-5,7-8H2,1H3,(H,17,20)(H,18,19). The topological polar surface area (TPSA) is 91.9 Å². The molecular weight excluding hydrogens is 270 g/mol. The zero-order chi connectivity index (χ0) is 14.7. The molecule has 0 unspecified atom stereocenters. The fourth-order valence-corrected chi connectivity index (χ4v) is 2.32. The molecule has 7 nitrogen and oxygen atoms in total. The second-order valence-electron chi connectivity index (χ2n) is 4.85. The predicted octanol–water partition coefficient (Wildman–Crippen LogP) is 0.389. The van der Waals surface area contributed by atoms with E-state index in [4.69, 9.17) is 4.74 Å². The summed E-state index contributed by atoms with van der Waals surface area (Å²) in [4.78, 5) is 16.3. The van der Waals surface area contributed by atoms with Crippen LogP contribution in [-0.4, -0.2) is 34.7 Å². The number of H-pyrrole nitrogens is 1. The van der Waals surface area contributed by atoms with Crippen molar-refractivity contribution in [1.82, 2.24) is 25.8 Å². The van der Waals surface area contributed by atoms with E-state index in [2.05, 4.69) is 25.8 Å². The van der Waals surface area contributed by atoms with E-state index in [1.165, 1.54) is 0 Å². The zero-order valence-corrected chi connectivity index (χ0v) is 11.8. The lowest BCUT2D eigenvalue weighted by Crippen LogP contribution is -2.28. The number of amides is 1. The highest BCUT2D eigenvalue weighted by atomic mass is 16.5. The SMILES string of the molecule is COc1ccc(CNC(=O)c2n[nH]c3c2CNCC3)cn1. The molecule has 0 radical (unpaired) electrons. The molecule has 21 heavy (non-hydrogen) atoms. The van der Waals surface area contributed by atoms with Crippen LogP contribution in [0.4, 0.5) is 0 Å². The van der Waals surface area contributed by atoms with E-state index < -0.39 is 0 Å². The van der Waals surface area contributed by atoms with Gasteiger partial charge < -0.3 is 15.4 Å². The number of carbonyl (C=O) groups is 1. The number of ether oxygens (including phenoxy) is 1. The quantitative estimate of drug-likeness (QED) is 0.756. The van der Waals surface area contributed by atoms with Crippen molar-refractivity contribution >= 4 is 5.91 Å². The van der Waals surface area contributed by atoms with Gasteiger partial charge >= 0.3 is 0 Å². The number of nitrogens with zero attached hydrogens (tertiary/aromatic N) is 2. The van der Waals surface area contributed by atoms with Crippen LogP contribution in [0, 0.1) is 0 Å². The molecule has 1 amide bonds. The van der Waals surface area contributed by atoms with E-state index in [0.29, 0.717) is 24.7 Å². The van der Waals surface area contributed by atoms with Crippen LogP contribution >= 0.6 is 0 Å². The Morgan fingerprint density at radius 2 is 2.38 bits per heavy atom. The highest BCUT2D eigenvalue weighted by Crippen LogP contribution is 2.15. The summed E-state index contributed by atoms with van der Waals surface area (Å²) in [6.45, 7) is 2.00. The van der Waals surface area contributed by atoms with Gasteiger partial charge in [-0.3, -0.25) is 9.89 Å². The Kier molecular flexibility index (Phi) is 3.83. The van der Waals surface area contributed by atoms with Crippen LogP contribution in [0.1, 0.15) is 27.3 Å². The first kappa shape index (κ1) is 13.6. The van der Waals surface area contributed by atoms with Gasteiger partial charge in [-0.15, -0.1) is 0 Å². The molecular formula is C14H17N5O2. The molecule has 7 heteroatoms. The van der Waals surface area contributed by atoms with Crippen molar-refractivity contribution in [3.8, 4) is 5.88 Å². The van der Waals surface area contributed by atoms with Gasteiger partial charge in [0, 0.05) is 49.6 Å². The molecule has 110 valence electrons. The van der Waals surface area contributed by atoms with Crippen molar-refractivity contribution in [2.45, 2.75) is 19.5 Å². The van der Waals surface area contributed by atoms with E-state index in [-0.39, 0.29) is 5.91 Å². The lowest BCUT2D eigenvalue weighted by Gasteiger charge is -2.12. The van der Waals surface area contributed by atoms with Crippen LogP contribution in [0.3, 0.4) is 0 Å². The molecule has 1 aliphatic heterocycles. The number of aromatic amines is 1. The van der Waals surface area contributed by atoms with Gasteiger partial charge in [0.15, 0.2) is 5.69 Å². The number of pyridine rings is 1. The van der Waals surface area contributed by atoms with Gasteiger partial charge in [-0.1, -0.05) is 6.07 Å². The number of hydrogen-bond acceptors (Lipinski definition) is 5. The summed E-state index contributed by atoms with van der Waals surface area (Å²) in [6, 6.07) is 3.63. The molecule has 0 saturated carbocycles. The first-order valence-corrected chi connectivity index (χ1v) is 6.82. The Hall–Kier alpha value is -2.41. The summed E-state index contributed by atoms with van der Waals surface area (Å²) in [5, 5.41) is 13.2. The average Bonchev–Trinajstić information content (AvgIpc) is 2.97. The van der Waals surface area contributed by atoms with Crippen molar-refractivity contribution in [3.63, 3.8) is 0 Å². The number of nitrogens with one attached hydrogen (secondary N) is 3. The Balaban J connectivity index is 1.64. The fourth-order valence-electron chi connectivity index (χ4n) is 2.32. The van der Waals surface area contributed by atoms with Gasteiger partial charge in [0.05, 0.1) is 7.11 Å². The van der Waals surface area contributed by atoms with Gasteiger partial charge in [0.25, 0.3) is 5.91 Å². The van der Waals surface area contributed by atoms with Crippen LogP contribution in [0.15, 0.2) is 18.3 Å². The third kappa shape index (κ3) is 2.87. The zero-order valence-electron chi connectivity index (χ0n) is 11.8. The summed E-state index contributed by atoms with van der Waals surface area (Å²) < 4.78 is 5.00. The fraction of sp³-hybridized carbons (Fsp3) is 0.357. The summed E-state index contributed by atoms with van der Waals surface area (Å²) in [5.74, 6) is 0.379. The van der Waals surface area contributed by atoms with Crippen molar-refractivity contribution in [1.29, 1.82) is 0 Å². The smallest absolute Gasteiger partial charge is 0.272 e. The minimum absolute atomic E-state index is 0.174. The van der Waals surface area contributed by atoms with Crippen LogP contribution in [0.2, 0.25) is 0 Å². The second kappa shape index (κ2) is 5.92. The van der Waals surface area contributed by atoms with Crippen LogP contribution < -0.4 is 15.4 Å². The molecule has 0 aromatic carbocycles. The van der Waals surface area contributed by atoms with Crippen molar-refractivity contribution in [2.75, 3.05) is 13.7 Å². The van der Waals surface area contributed by atoms with Crippen molar-refractivity contribution in [2.24, 2.45) is 0 Å². The van der Waals surface area contributed by atoms with E-state index in [1.807, 2.05) is 6.07 Å². The van der Waals surface area contributed by atoms with Crippen molar-refractivity contribution < 1.29 is 9.53 Å². The molecule has 0 bridgehead atoms. The Labute approximate surface area is 122 Å². The summed E-state index contributed by atoms with van der Waals surface area (Å²) in [7, 11) is 1.57. The maximum Gasteiger partial charge on any atom is 0.272 e. The minimum atomic E-state index is -0.174. The number of methoxy groups -OCH3 is 1. The van der Waals surface area contributed by atoms with E-state index >= 15 is 0 Å². The number of hydrogen-bond donors (Lipinski definition) is 3. The second-order valence-corrected chi connectivity index (χ2v) is 4.85.